The van der Waals surface area contributed by atoms with Gasteiger partial charge in [0, 0.05) is 12.4 Å². The van der Waals surface area contributed by atoms with E-state index in [-0.39, 0.29) is 17.9 Å². The van der Waals surface area contributed by atoms with Crippen molar-refractivity contribution in [3.05, 3.63) is 52.6 Å². The van der Waals surface area contributed by atoms with Gasteiger partial charge in [-0.25, -0.2) is 9.78 Å². The molecule has 0 radical (unpaired) electrons. The molecule has 0 aliphatic rings. The zero-order valence-electron chi connectivity index (χ0n) is 11.9. The minimum absolute atomic E-state index is 0.119. The molecular weight excluding hydrogens is 272 g/mol. The fraction of sp³-hybridized carbons (Fsp3) is 0.267. The Morgan fingerprint density at radius 1 is 1.24 bits per heavy atom. The summed E-state index contributed by atoms with van der Waals surface area (Å²) in [5.74, 6) is -0.0551. The van der Waals surface area contributed by atoms with Crippen LogP contribution >= 0.6 is 0 Å². The van der Waals surface area contributed by atoms with Crippen LogP contribution in [-0.2, 0) is 4.74 Å². The first-order valence-corrected chi connectivity index (χ1v) is 6.66. The minimum Gasteiger partial charge on any atom is -0.493 e. The highest BCUT2D eigenvalue weighted by Gasteiger charge is 2.21. The summed E-state index contributed by atoms with van der Waals surface area (Å²) in [4.78, 5) is 28.6. The topological polar surface area (TPSA) is 70.4 Å². The van der Waals surface area contributed by atoms with Gasteiger partial charge < -0.3 is 9.47 Å². The zero-order chi connectivity index (χ0) is 15.2. The van der Waals surface area contributed by atoms with Crippen LogP contribution in [0.3, 0.4) is 0 Å². The van der Waals surface area contributed by atoms with Crippen molar-refractivity contribution < 1.29 is 14.3 Å². The Balaban J connectivity index is 2.59. The molecule has 0 spiro atoms. The molecule has 0 atom stereocenters. The smallest absolute Gasteiger partial charge is 0.347 e. The summed E-state index contributed by atoms with van der Waals surface area (Å²) < 4.78 is 11.6. The number of aromatic nitrogens is 2. The second-order valence-electron chi connectivity index (χ2n) is 4.07. The predicted molar refractivity (Wildman–Crippen MR) is 77.0 cm³/mol. The van der Waals surface area contributed by atoms with Crippen molar-refractivity contribution in [1.29, 1.82) is 0 Å². The zero-order valence-corrected chi connectivity index (χ0v) is 11.9. The van der Waals surface area contributed by atoms with Crippen molar-refractivity contribution in [3.63, 3.8) is 0 Å². The number of esters is 1. The Morgan fingerprint density at radius 2 is 2.05 bits per heavy atom. The molecule has 0 N–H and O–H groups in total. The van der Waals surface area contributed by atoms with Crippen LogP contribution in [-0.4, -0.2) is 28.7 Å². The monoisotopic (exact) mass is 288 g/mol. The van der Waals surface area contributed by atoms with E-state index >= 15 is 0 Å². The number of carbonyl (C=O) groups is 1. The standard InChI is InChI=1S/C15H16N2O4/c1-3-20-11-8-10-17(12-7-5-6-9-16-12)14(18)13(11)15(19)21-4-2/h5-10H,3-4H2,1-2H3. The first-order valence-electron chi connectivity index (χ1n) is 6.66. The van der Waals surface area contributed by atoms with E-state index in [1.165, 1.54) is 10.8 Å². The first-order chi connectivity index (χ1) is 10.2. The highest BCUT2D eigenvalue weighted by atomic mass is 16.5. The summed E-state index contributed by atoms with van der Waals surface area (Å²) >= 11 is 0. The third kappa shape index (κ3) is 3.10. The third-order valence-corrected chi connectivity index (χ3v) is 2.73. The average Bonchev–Trinajstić information content (AvgIpc) is 2.49. The molecule has 0 saturated carbocycles. The summed E-state index contributed by atoms with van der Waals surface area (Å²) in [5, 5.41) is 0. The molecule has 2 aromatic rings. The number of hydrogen-bond donors (Lipinski definition) is 0. The molecular formula is C15H16N2O4. The Bertz CT molecular complexity index is 680. The van der Waals surface area contributed by atoms with Crippen molar-refractivity contribution in [2.45, 2.75) is 13.8 Å². The molecule has 21 heavy (non-hydrogen) atoms. The van der Waals surface area contributed by atoms with E-state index in [1.807, 2.05) is 0 Å². The maximum Gasteiger partial charge on any atom is 0.347 e. The summed E-state index contributed by atoms with van der Waals surface area (Å²) in [5.41, 5.74) is -0.634. The fourth-order valence-corrected chi connectivity index (χ4v) is 1.86. The molecule has 2 aromatic heterocycles. The second kappa shape index (κ2) is 6.69. The van der Waals surface area contributed by atoms with Gasteiger partial charge in [0.1, 0.15) is 11.6 Å². The average molecular weight is 288 g/mol. The largest absolute Gasteiger partial charge is 0.493 e. The Kier molecular flexibility index (Phi) is 4.71. The first kappa shape index (κ1) is 14.8. The van der Waals surface area contributed by atoms with Gasteiger partial charge in [-0.15, -0.1) is 0 Å². The highest BCUT2D eigenvalue weighted by molar-refractivity contribution is 5.92. The van der Waals surface area contributed by atoms with Gasteiger partial charge in [0.05, 0.1) is 13.2 Å². The number of rotatable bonds is 5. The molecule has 6 heteroatoms. The van der Waals surface area contributed by atoms with Crippen molar-refractivity contribution in [3.8, 4) is 11.6 Å². The number of nitrogens with zero attached hydrogens (tertiary/aromatic N) is 2. The number of carbonyl (C=O) groups excluding carboxylic acids is 1. The minimum atomic E-state index is -0.698. The molecule has 0 fully saturated rings. The van der Waals surface area contributed by atoms with Crippen molar-refractivity contribution in [2.75, 3.05) is 13.2 Å². The van der Waals surface area contributed by atoms with E-state index in [2.05, 4.69) is 4.98 Å². The quantitative estimate of drug-likeness (QED) is 0.785. The normalized spacial score (nSPS) is 10.2. The summed E-state index contributed by atoms with van der Waals surface area (Å²) in [6.07, 6.45) is 3.10. The maximum absolute atomic E-state index is 12.5. The van der Waals surface area contributed by atoms with E-state index in [1.54, 1.807) is 44.3 Å². The van der Waals surface area contributed by atoms with Gasteiger partial charge in [-0.05, 0) is 32.0 Å². The van der Waals surface area contributed by atoms with Crippen molar-refractivity contribution >= 4 is 5.97 Å². The van der Waals surface area contributed by atoms with Crippen LogP contribution in [0.15, 0.2) is 41.5 Å². The third-order valence-electron chi connectivity index (χ3n) is 2.73. The van der Waals surface area contributed by atoms with Gasteiger partial charge >= 0.3 is 5.97 Å². The van der Waals surface area contributed by atoms with Crippen LogP contribution in [0, 0.1) is 0 Å². The summed E-state index contributed by atoms with van der Waals surface area (Å²) in [6, 6.07) is 6.74. The molecule has 0 unspecified atom stereocenters. The molecule has 0 amide bonds. The number of hydrogen-bond acceptors (Lipinski definition) is 5. The summed E-state index contributed by atoms with van der Waals surface area (Å²) in [6.45, 7) is 3.99. The Labute approximate surface area is 122 Å². The Hall–Kier alpha value is -2.63. The van der Waals surface area contributed by atoms with E-state index in [0.717, 1.165) is 0 Å². The molecule has 0 saturated heterocycles. The van der Waals surface area contributed by atoms with Gasteiger partial charge in [-0.3, -0.25) is 9.36 Å². The molecule has 0 bridgehead atoms. The molecule has 110 valence electrons. The van der Waals surface area contributed by atoms with Crippen molar-refractivity contribution in [2.24, 2.45) is 0 Å². The lowest BCUT2D eigenvalue weighted by molar-refractivity contribution is 0.0519. The molecule has 0 aliphatic heterocycles. The lowest BCUT2D eigenvalue weighted by Crippen LogP contribution is -2.27. The SMILES string of the molecule is CCOC(=O)c1c(OCC)ccn(-c2ccccn2)c1=O. The molecule has 0 aliphatic carbocycles. The van der Waals surface area contributed by atoms with E-state index in [0.29, 0.717) is 12.4 Å². The van der Waals surface area contributed by atoms with Crippen LogP contribution < -0.4 is 10.3 Å². The van der Waals surface area contributed by atoms with E-state index in [4.69, 9.17) is 9.47 Å². The predicted octanol–water partition coefficient (Wildman–Crippen LogP) is 1.81. The van der Waals surface area contributed by atoms with Gasteiger partial charge in [0.25, 0.3) is 5.56 Å². The van der Waals surface area contributed by atoms with Gasteiger partial charge in [-0.1, -0.05) is 6.07 Å². The number of ether oxygens (including phenoxy) is 2. The van der Waals surface area contributed by atoms with Gasteiger partial charge in [-0.2, -0.15) is 0 Å². The van der Waals surface area contributed by atoms with Gasteiger partial charge in [0.2, 0.25) is 0 Å². The van der Waals surface area contributed by atoms with E-state index < -0.39 is 11.5 Å². The van der Waals surface area contributed by atoms with E-state index in [9.17, 15) is 9.59 Å². The molecule has 2 rings (SSSR count). The lowest BCUT2D eigenvalue weighted by atomic mass is 10.2. The van der Waals surface area contributed by atoms with Gasteiger partial charge in [0.15, 0.2) is 5.56 Å². The van der Waals surface area contributed by atoms with Crippen LogP contribution in [0.25, 0.3) is 5.82 Å². The van der Waals surface area contributed by atoms with Crippen LogP contribution in [0.1, 0.15) is 24.2 Å². The molecule has 6 nitrogen and oxygen atoms in total. The fourth-order valence-electron chi connectivity index (χ4n) is 1.86. The second-order valence-corrected chi connectivity index (χ2v) is 4.07. The Morgan fingerprint density at radius 3 is 2.67 bits per heavy atom. The highest BCUT2D eigenvalue weighted by Crippen LogP contribution is 2.16. The molecule has 0 aromatic carbocycles. The maximum atomic E-state index is 12.5. The summed E-state index contributed by atoms with van der Waals surface area (Å²) in [7, 11) is 0. The van der Waals surface area contributed by atoms with Crippen LogP contribution in [0.5, 0.6) is 5.75 Å². The lowest BCUT2D eigenvalue weighted by Gasteiger charge is -2.11. The number of pyridine rings is 2. The molecule has 2 heterocycles. The van der Waals surface area contributed by atoms with Crippen LogP contribution in [0.2, 0.25) is 0 Å². The van der Waals surface area contributed by atoms with Crippen molar-refractivity contribution in [1.82, 2.24) is 9.55 Å². The van der Waals surface area contributed by atoms with Crippen LogP contribution in [0.4, 0.5) is 0 Å².